The van der Waals surface area contributed by atoms with Crippen molar-refractivity contribution in [3.8, 4) is 6.07 Å². The van der Waals surface area contributed by atoms with Gasteiger partial charge in [-0.2, -0.15) is 5.26 Å². The monoisotopic (exact) mass is 351 g/mol. The van der Waals surface area contributed by atoms with Crippen LogP contribution in [0.5, 0.6) is 0 Å². The molecular weight excluding hydrogens is 326 g/mol. The van der Waals surface area contributed by atoms with Crippen LogP contribution >= 0.6 is 0 Å². The molecule has 0 aromatic heterocycles. The van der Waals surface area contributed by atoms with Gasteiger partial charge in [-0.05, 0) is 61.3 Å². The summed E-state index contributed by atoms with van der Waals surface area (Å²) in [4.78, 5) is 24.2. The summed E-state index contributed by atoms with van der Waals surface area (Å²) in [7, 11) is 0. The first kappa shape index (κ1) is 18.2. The van der Waals surface area contributed by atoms with E-state index >= 15 is 0 Å². The minimum Gasteiger partial charge on any atom is -0.377 e. The molecule has 0 spiro atoms. The summed E-state index contributed by atoms with van der Waals surface area (Å²) < 4.78 is 0. The van der Waals surface area contributed by atoms with Crippen LogP contribution in [-0.4, -0.2) is 6.04 Å². The van der Waals surface area contributed by atoms with E-state index in [1.54, 1.807) is 6.07 Å². The van der Waals surface area contributed by atoms with Crippen LogP contribution in [0, 0.1) is 16.7 Å². The molecule has 0 saturated heterocycles. The molecule has 0 unspecified atom stereocenters. The zero-order valence-corrected chi connectivity index (χ0v) is 15.8. The summed E-state index contributed by atoms with van der Waals surface area (Å²) in [5.74, 6) is 0. The van der Waals surface area contributed by atoms with Crippen molar-refractivity contribution in [1.29, 1.82) is 5.26 Å². The summed E-state index contributed by atoms with van der Waals surface area (Å²) in [5.41, 5.74) is 3.42. The smallest absolute Gasteiger partial charge is 0.253 e. The quantitative estimate of drug-likeness (QED) is 0.822. The van der Waals surface area contributed by atoms with Gasteiger partial charge in [0.2, 0.25) is 0 Å². The van der Waals surface area contributed by atoms with E-state index in [-0.39, 0.29) is 11.5 Å². The number of anilines is 3. The van der Waals surface area contributed by atoms with Crippen LogP contribution in [0.4, 0.5) is 17.1 Å². The van der Waals surface area contributed by atoms with E-state index < -0.39 is 10.9 Å². The van der Waals surface area contributed by atoms with Crippen LogP contribution in [-0.2, 0) is 12.8 Å². The maximum atomic E-state index is 12.1. The number of benzene rings is 1. The molecule has 0 amide bonds. The number of fused-ring (bicyclic) bond motifs is 1. The Balaban J connectivity index is 1.94. The lowest BCUT2D eigenvalue weighted by Gasteiger charge is -2.30. The number of nitrogens with one attached hydrogen (secondary N) is 2. The molecule has 5 heteroatoms. The fourth-order valence-electron chi connectivity index (χ4n) is 3.31. The van der Waals surface area contributed by atoms with Gasteiger partial charge in [0.05, 0.1) is 11.6 Å². The van der Waals surface area contributed by atoms with Gasteiger partial charge in [-0.25, -0.2) is 0 Å². The number of hydrogen-bond donors (Lipinski definition) is 2. The van der Waals surface area contributed by atoms with Crippen molar-refractivity contribution < 1.29 is 0 Å². The van der Waals surface area contributed by atoms with Crippen molar-refractivity contribution in [2.75, 3.05) is 10.6 Å². The SMILES string of the molecule is C[C@@H](Nc1c(Nc2ccc(C#N)c3c2CCCC3)c(=O)c1=O)C(C)(C)C. The third kappa shape index (κ3) is 3.12. The van der Waals surface area contributed by atoms with Gasteiger partial charge in [0.15, 0.2) is 0 Å². The van der Waals surface area contributed by atoms with E-state index in [0.29, 0.717) is 16.9 Å². The second-order valence-corrected chi connectivity index (χ2v) is 8.20. The van der Waals surface area contributed by atoms with Gasteiger partial charge >= 0.3 is 0 Å². The zero-order chi connectivity index (χ0) is 19.1. The standard InChI is InChI=1S/C21H25N3O2/c1-12(21(2,3)4)23-17-18(20(26)19(17)25)24-16-10-9-13(11-22)14-7-5-6-8-15(14)16/h9-10,12,23-24H,5-8H2,1-4H3/t12-/m1/s1. The highest BCUT2D eigenvalue weighted by Crippen LogP contribution is 2.33. The Kier molecular flexibility index (Phi) is 4.62. The highest BCUT2D eigenvalue weighted by Gasteiger charge is 2.28. The van der Waals surface area contributed by atoms with E-state index in [4.69, 9.17) is 0 Å². The normalized spacial score (nSPS) is 15.2. The molecule has 1 aliphatic carbocycles. The fourth-order valence-corrected chi connectivity index (χ4v) is 3.31. The number of hydrogen-bond acceptors (Lipinski definition) is 5. The molecule has 136 valence electrons. The van der Waals surface area contributed by atoms with Gasteiger partial charge in [0, 0.05) is 11.7 Å². The molecule has 3 rings (SSSR count). The lowest BCUT2D eigenvalue weighted by atomic mass is 9.87. The van der Waals surface area contributed by atoms with Crippen molar-refractivity contribution in [1.82, 2.24) is 0 Å². The van der Waals surface area contributed by atoms with Crippen molar-refractivity contribution in [3.63, 3.8) is 0 Å². The molecule has 5 nitrogen and oxygen atoms in total. The summed E-state index contributed by atoms with van der Waals surface area (Å²) >= 11 is 0. The van der Waals surface area contributed by atoms with Gasteiger partial charge in [0.1, 0.15) is 11.4 Å². The van der Waals surface area contributed by atoms with Gasteiger partial charge in [-0.3, -0.25) is 9.59 Å². The zero-order valence-electron chi connectivity index (χ0n) is 15.8. The minimum absolute atomic E-state index is 0.0371. The summed E-state index contributed by atoms with van der Waals surface area (Å²) in [6, 6.07) is 5.94. The average molecular weight is 351 g/mol. The van der Waals surface area contributed by atoms with E-state index in [2.05, 4.69) is 37.5 Å². The van der Waals surface area contributed by atoms with Crippen molar-refractivity contribution in [2.24, 2.45) is 5.41 Å². The Morgan fingerprint density at radius 1 is 1.04 bits per heavy atom. The Morgan fingerprint density at radius 2 is 1.65 bits per heavy atom. The molecule has 0 fully saturated rings. The molecule has 0 radical (unpaired) electrons. The molecule has 1 atom stereocenters. The molecule has 0 saturated carbocycles. The van der Waals surface area contributed by atoms with Crippen LogP contribution in [0.25, 0.3) is 0 Å². The Bertz CT molecular complexity index is 954. The van der Waals surface area contributed by atoms with Crippen molar-refractivity contribution in [3.05, 3.63) is 49.3 Å². The Hall–Kier alpha value is -2.61. The van der Waals surface area contributed by atoms with Crippen molar-refractivity contribution >= 4 is 17.1 Å². The number of rotatable bonds is 4. The number of nitriles is 1. The topological polar surface area (TPSA) is 82.0 Å². The number of nitrogens with zero attached hydrogens (tertiary/aromatic N) is 1. The second kappa shape index (κ2) is 6.60. The van der Waals surface area contributed by atoms with E-state index in [9.17, 15) is 14.9 Å². The van der Waals surface area contributed by atoms with Gasteiger partial charge in [-0.1, -0.05) is 20.8 Å². The first-order valence-corrected chi connectivity index (χ1v) is 9.15. The molecule has 2 aromatic rings. The van der Waals surface area contributed by atoms with E-state index in [1.807, 2.05) is 13.0 Å². The molecule has 1 aliphatic rings. The van der Waals surface area contributed by atoms with E-state index in [0.717, 1.165) is 42.5 Å². The molecule has 0 aliphatic heterocycles. The van der Waals surface area contributed by atoms with Gasteiger partial charge in [-0.15, -0.1) is 0 Å². The highest BCUT2D eigenvalue weighted by atomic mass is 16.2. The third-order valence-corrected chi connectivity index (χ3v) is 5.49. The molecule has 26 heavy (non-hydrogen) atoms. The minimum atomic E-state index is -0.484. The Morgan fingerprint density at radius 3 is 2.27 bits per heavy atom. The predicted octanol–water partition coefficient (Wildman–Crippen LogP) is 3.62. The van der Waals surface area contributed by atoms with Crippen molar-refractivity contribution in [2.45, 2.75) is 59.4 Å². The fraction of sp³-hybridized carbons (Fsp3) is 0.476. The predicted molar refractivity (Wildman–Crippen MR) is 105 cm³/mol. The average Bonchev–Trinajstić information content (AvgIpc) is 2.63. The Labute approximate surface area is 153 Å². The van der Waals surface area contributed by atoms with Crippen LogP contribution in [0.3, 0.4) is 0 Å². The summed E-state index contributed by atoms with van der Waals surface area (Å²) in [5, 5.41) is 15.7. The lowest BCUT2D eigenvalue weighted by Crippen LogP contribution is -2.41. The molecular formula is C21H25N3O2. The van der Waals surface area contributed by atoms with Crippen LogP contribution in [0.2, 0.25) is 0 Å². The van der Waals surface area contributed by atoms with Crippen LogP contribution < -0.4 is 21.5 Å². The van der Waals surface area contributed by atoms with Gasteiger partial charge in [0.25, 0.3) is 10.9 Å². The summed E-state index contributed by atoms with van der Waals surface area (Å²) in [6.07, 6.45) is 3.89. The van der Waals surface area contributed by atoms with Gasteiger partial charge < -0.3 is 10.6 Å². The molecule has 2 N–H and O–H groups in total. The van der Waals surface area contributed by atoms with Crippen LogP contribution in [0.15, 0.2) is 21.7 Å². The second-order valence-electron chi connectivity index (χ2n) is 8.20. The maximum Gasteiger partial charge on any atom is 0.253 e. The molecule has 0 heterocycles. The highest BCUT2D eigenvalue weighted by molar-refractivity contribution is 5.80. The lowest BCUT2D eigenvalue weighted by molar-refractivity contribution is 0.359. The third-order valence-electron chi connectivity index (χ3n) is 5.49. The largest absolute Gasteiger partial charge is 0.377 e. The maximum absolute atomic E-state index is 12.1. The first-order valence-electron chi connectivity index (χ1n) is 9.15. The van der Waals surface area contributed by atoms with E-state index in [1.165, 1.54) is 0 Å². The molecule has 0 bridgehead atoms. The van der Waals surface area contributed by atoms with Crippen LogP contribution in [0.1, 0.15) is 57.2 Å². The first-order chi connectivity index (χ1) is 12.2. The summed E-state index contributed by atoms with van der Waals surface area (Å²) in [6.45, 7) is 8.26. The molecule has 2 aromatic carbocycles.